The number of benzene rings is 4. The van der Waals surface area contributed by atoms with Crippen LogP contribution in [-0.2, 0) is 6.61 Å². The highest BCUT2D eigenvalue weighted by Crippen LogP contribution is 2.34. The van der Waals surface area contributed by atoms with Crippen molar-refractivity contribution in [2.24, 2.45) is 5.10 Å². The fourth-order valence-corrected chi connectivity index (χ4v) is 5.03. The number of hydrogen-bond acceptors (Lipinski definition) is 5. The molecule has 0 fully saturated rings. The zero-order valence-corrected chi connectivity index (χ0v) is 25.5. The summed E-state index contributed by atoms with van der Waals surface area (Å²) in [4.78, 5) is 18.7. The molecule has 208 valence electrons. The molecule has 0 saturated heterocycles. The molecule has 0 bridgehead atoms. The predicted octanol–water partition coefficient (Wildman–Crippen LogP) is 8.38. The van der Waals surface area contributed by atoms with Gasteiger partial charge in [-0.1, -0.05) is 65.6 Å². The predicted molar refractivity (Wildman–Crippen MR) is 170 cm³/mol. The van der Waals surface area contributed by atoms with Crippen molar-refractivity contribution in [1.29, 1.82) is 0 Å². The molecule has 5 rings (SSSR count). The minimum Gasteiger partial charge on any atom is -0.496 e. The molecular weight excluding hydrogens is 602 g/mol. The Bertz CT molecular complexity index is 1810. The maximum atomic E-state index is 13.8. The molecule has 5 aromatic rings. The van der Waals surface area contributed by atoms with E-state index in [0.29, 0.717) is 39.7 Å². The zero-order chi connectivity index (χ0) is 29.1. The Morgan fingerprint density at radius 1 is 1.02 bits per heavy atom. The van der Waals surface area contributed by atoms with Crippen molar-refractivity contribution in [3.8, 4) is 22.9 Å². The number of aromatic nitrogens is 2. The summed E-state index contributed by atoms with van der Waals surface area (Å²) < 4.78 is 14.1. The summed E-state index contributed by atoms with van der Waals surface area (Å²) in [5.74, 6) is 2.02. The van der Waals surface area contributed by atoms with Crippen molar-refractivity contribution in [2.45, 2.75) is 33.3 Å². The van der Waals surface area contributed by atoms with E-state index in [4.69, 9.17) is 26.1 Å². The Balaban J connectivity index is 1.63. The first-order chi connectivity index (χ1) is 19.7. The molecule has 8 heteroatoms. The SMILES string of the molecule is COc1cc(C)c(-c2nc3ccccc3c(=O)n2N=Cc2cc(Cl)ccc2OCc2ccc(Br)cc2)cc1C(C)C. The molecule has 4 aromatic carbocycles. The molecule has 0 spiro atoms. The third-order valence-electron chi connectivity index (χ3n) is 6.79. The van der Waals surface area contributed by atoms with E-state index in [9.17, 15) is 4.79 Å². The molecule has 0 aliphatic rings. The summed E-state index contributed by atoms with van der Waals surface area (Å²) >= 11 is 9.81. The molecule has 1 aromatic heterocycles. The third-order valence-corrected chi connectivity index (χ3v) is 7.55. The van der Waals surface area contributed by atoms with E-state index in [1.807, 2.05) is 61.5 Å². The molecule has 0 N–H and O–H groups in total. The monoisotopic (exact) mass is 629 g/mol. The normalized spacial score (nSPS) is 11.5. The zero-order valence-electron chi connectivity index (χ0n) is 23.2. The van der Waals surface area contributed by atoms with Gasteiger partial charge in [0, 0.05) is 20.6 Å². The second kappa shape index (κ2) is 12.3. The fourth-order valence-electron chi connectivity index (χ4n) is 4.59. The minimum atomic E-state index is -0.275. The van der Waals surface area contributed by atoms with Crippen LogP contribution in [0.1, 0.15) is 42.0 Å². The van der Waals surface area contributed by atoms with Crippen LogP contribution >= 0.6 is 27.5 Å². The second-order valence-electron chi connectivity index (χ2n) is 9.98. The minimum absolute atomic E-state index is 0.199. The van der Waals surface area contributed by atoms with Crippen LogP contribution < -0.4 is 15.0 Å². The van der Waals surface area contributed by atoms with Crippen molar-refractivity contribution in [3.63, 3.8) is 0 Å². The molecule has 0 aliphatic carbocycles. The molecule has 1 heterocycles. The van der Waals surface area contributed by atoms with Crippen molar-refractivity contribution in [3.05, 3.63) is 121 Å². The van der Waals surface area contributed by atoms with Gasteiger partial charge in [-0.15, -0.1) is 0 Å². The van der Waals surface area contributed by atoms with Crippen LogP contribution in [0.2, 0.25) is 5.02 Å². The molecule has 0 atom stereocenters. The molecule has 0 radical (unpaired) electrons. The fraction of sp³-hybridized carbons (Fsp3) is 0.182. The van der Waals surface area contributed by atoms with E-state index >= 15 is 0 Å². The first-order valence-corrected chi connectivity index (χ1v) is 14.3. The van der Waals surface area contributed by atoms with Crippen LogP contribution in [0.25, 0.3) is 22.3 Å². The number of hydrogen-bond donors (Lipinski definition) is 0. The van der Waals surface area contributed by atoms with E-state index in [1.54, 1.807) is 37.6 Å². The summed E-state index contributed by atoms with van der Waals surface area (Å²) in [5, 5.41) is 5.67. The van der Waals surface area contributed by atoms with Gasteiger partial charge in [0.25, 0.3) is 5.56 Å². The lowest BCUT2D eigenvalue weighted by Gasteiger charge is -2.17. The number of aryl methyl sites for hydroxylation is 1. The van der Waals surface area contributed by atoms with E-state index in [1.165, 1.54) is 4.68 Å². The van der Waals surface area contributed by atoms with Gasteiger partial charge in [0.2, 0.25) is 0 Å². The van der Waals surface area contributed by atoms with Gasteiger partial charge >= 0.3 is 0 Å². The summed E-state index contributed by atoms with van der Waals surface area (Å²) in [5.41, 5.74) is 4.70. The van der Waals surface area contributed by atoms with Crippen LogP contribution in [0.5, 0.6) is 11.5 Å². The number of halogens is 2. The number of nitrogens with zero attached hydrogens (tertiary/aromatic N) is 3. The van der Waals surface area contributed by atoms with Gasteiger partial charge in [-0.3, -0.25) is 4.79 Å². The lowest BCUT2D eigenvalue weighted by atomic mass is 9.96. The number of methoxy groups -OCH3 is 1. The van der Waals surface area contributed by atoms with E-state index < -0.39 is 0 Å². The largest absolute Gasteiger partial charge is 0.496 e. The summed E-state index contributed by atoms with van der Waals surface area (Å²) in [7, 11) is 1.66. The van der Waals surface area contributed by atoms with E-state index in [2.05, 4.69) is 34.9 Å². The van der Waals surface area contributed by atoms with Crippen LogP contribution in [0.4, 0.5) is 0 Å². The van der Waals surface area contributed by atoms with Gasteiger partial charge in [-0.25, -0.2) is 4.98 Å². The standard InChI is InChI=1S/C33H29BrClN3O3/c1-20(2)27-17-28(21(3)15-31(27)40-4)32-37-29-8-6-5-7-26(29)33(39)38(32)36-18-23-16-25(35)13-14-30(23)41-19-22-9-11-24(34)12-10-22/h5-18,20H,19H2,1-4H3. The Morgan fingerprint density at radius 2 is 1.78 bits per heavy atom. The molecule has 41 heavy (non-hydrogen) atoms. The average Bonchev–Trinajstić information content (AvgIpc) is 2.96. The lowest BCUT2D eigenvalue weighted by molar-refractivity contribution is 0.306. The first kappa shape index (κ1) is 28.6. The maximum Gasteiger partial charge on any atom is 0.282 e. The van der Waals surface area contributed by atoms with Gasteiger partial charge in [0.05, 0.1) is 24.2 Å². The Kier molecular flexibility index (Phi) is 8.57. The number of rotatable bonds is 8. The molecular formula is C33H29BrClN3O3. The van der Waals surface area contributed by atoms with Crippen molar-refractivity contribution < 1.29 is 9.47 Å². The van der Waals surface area contributed by atoms with Gasteiger partial charge < -0.3 is 9.47 Å². The Morgan fingerprint density at radius 3 is 2.51 bits per heavy atom. The van der Waals surface area contributed by atoms with Crippen molar-refractivity contribution >= 4 is 44.6 Å². The maximum absolute atomic E-state index is 13.8. The number of ether oxygens (including phenoxy) is 2. The molecule has 0 aliphatic heterocycles. The van der Waals surface area contributed by atoms with E-state index in [0.717, 1.165) is 32.5 Å². The summed E-state index contributed by atoms with van der Waals surface area (Å²) in [6, 6.07) is 24.5. The smallest absolute Gasteiger partial charge is 0.282 e. The molecule has 6 nitrogen and oxygen atoms in total. The van der Waals surface area contributed by atoms with E-state index in [-0.39, 0.29) is 11.5 Å². The number of fused-ring (bicyclic) bond motifs is 1. The molecule has 0 saturated carbocycles. The lowest BCUT2D eigenvalue weighted by Crippen LogP contribution is -2.21. The quantitative estimate of drug-likeness (QED) is 0.162. The van der Waals surface area contributed by atoms with Gasteiger partial charge in [-0.2, -0.15) is 9.78 Å². The van der Waals surface area contributed by atoms with Crippen LogP contribution in [-0.4, -0.2) is 23.0 Å². The van der Waals surface area contributed by atoms with Gasteiger partial charge in [0.15, 0.2) is 5.82 Å². The summed E-state index contributed by atoms with van der Waals surface area (Å²) in [6.07, 6.45) is 1.59. The molecule has 0 unspecified atom stereocenters. The van der Waals surface area contributed by atoms with Gasteiger partial charge in [-0.05, 0) is 84.1 Å². The molecule has 0 amide bonds. The van der Waals surface area contributed by atoms with Crippen LogP contribution in [0, 0.1) is 6.92 Å². The van der Waals surface area contributed by atoms with Crippen molar-refractivity contribution in [2.75, 3.05) is 7.11 Å². The Labute approximate surface area is 252 Å². The highest BCUT2D eigenvalue weighted by molar-refractivity contribution is 9.10. The highest BCUT2D eigenvalue weighted by atomic mass is 79.9. The van der Waals surface area contributed by atoms with Crippen molar-refractivity contribution in [1.82, 2.24) is 9.66 Å². The third kappa shape index (κ3) is 6.21. The van der Waals surface area contributed by atoms with Crippen LogP contribution in [0.15, 0.2) is 93.2 Å². The second-order valence-corrected chi connectivity index (χ2v) is 11.3. The number of para-hydroxylation sites is 1. The highest BCUT2D eigenvalue weighted by Gasteiger charge is 2.18. The van der Waals surface area contributed by atoms with Gasteiger partial charge in [0.1, 0.15) is 18.1 Å². The topological polar surface area (TPSA) is 65.7 Å². The average molecular weight is 631 g/mol. The Hall–Kier alpha value is -3.94. The van der Waals surface area contributed by atoms with Crippen LogP contribution in [0.3, 0.4) is 0 Å². The first-order valence-electron chi connectivity index (χ1n) is 13.2. The summed E-state index contributed by atoms with van der Waals surface area (Å²) in [6.45, 7) is 6.54.